The standard InChI is InChI=1S/C23H21F2N5O4S.C2H6/c1-33-18-10-26-17(20(24)25)9-16(18)15-8-13(30-6-7-34-11-19(30)31)4-5-14(15)21(32)27-23-29-28-22(35-23)12-2-3-12;1-2/h4-5,8-10,12,20H,2-3,6-7,11H2,1H3,(H,27,29,32);1-2H3. The van der Waals surface area contributed by atoms with Gasteiger partial charge in [-0.15, -0.1) is 10.2 Å². The summed E-state index contributed by atoms with van der Waals surface area (Å²) in [4.78, 5) is 31.0. The van der Waals surface area contributed by atoms with Crippen molar-refractivity contribution in [2.24, 2.45) is 0 Å². The van der Waals surface area contributed by atoms with E-state index < -0.39 is 18.0 Å². The summed E-state index contributed by atoms with van der Waals surface area (Å²) >= 11 is 1.31. The van der Waals surface area contributed by atoms with Crippen molar-refractivity contribution >= 4 is 34.0 Å². The molecule has 2 amide bonds. The van der Waals surface area contributed by atoms with Gasteiger partial charge in [-0.05, 0) is 37.1 Å². The lowest BCUT2D eigenvalue weighted by molar-refractivity contribution is -0.125. The second-order valence-corrected chi connectivity index (χ2v) is 9.12. The molecule has 1 aromatic carbocycles. The largest absolute Gasteiger partial charge is 0.494 e. The third-order valence-corrected chi connectivity index (χ3v) is 6.76. The molecular weight excluding hydrogens is 504 g/mol. The number of carbonyl (C=O) groups excluding carboxylic acids is 2. The minimum atomic E-state index is -2.82. The molecule has 9 nitrogen and oxygen atoms in total. The van der Waals surface area contributed by atoms with Crippen LogP contribution in [0.25, 0.3) is 11.1 Å². The summed E-state index contributed by atoms with van der Waals surface area (Å²) in [6, 6.07) is 5.99. The maximum Gasteiger partial charge on any atom is 0.280 e. The lowest BCUT2D eigenvalue weighted by Crippen LogP contribution is -2.41. The number of methoxy groups -OCH3 is 1. The van der Waals surface area contributed by atoms with Crippen molar-refractivity contribution in [3.63, 3.8) is 0 Å². The molecule has 5 rings (SSSR count). The smallest absolute Gasteiger partial charge is 0.280 e. The van der Waals surface area contributed by atoms with Crippen LogP contribution in [0.4, 0.5) is 19.6 Å². The highest BCUT2D eigenvalue weighted by Gasteiger charge is 2.29. The Morgan fingerprint density at radius 2 is 2.00 bits per heavy atom. The Bertz CT molecular complexity index is 1280. The number of halogens is 2. The normalized spacial score (nSPS) is 15.3. The lowest BCUT2D eigenvalue weighted by atomic mass is 9.97. The summed E-state index contributed by atoms with van der Waals surface area (Å²) in [5, 5.41) is 12.2. The molecule has 1 aliphatic heterocycles. The number of nitrogens with zero attached hydrogens (tertiary/aromatic N) is 4. The van der Waals surface area contributed by atoms with Gasteiger partial charge in [0.1, 0.15) is 23.1 Å². The maximum atomic E-state index is 13.5. The first-order valence-electron chi connectivity index (χ1n) is 11.9. The molecule has 1 N–H and O–H groups in total. The maximum absolute atomic E-state index is 13.5. The van der Waals surface area contributed by atoms with E-state index in [9.17, 15) is 18.4 Å². The summed E-state index contributed by atoms with van der Waals surface area (Å²) in [5.74, 6) is -0.125. The molecule has 2 fully saturated rings. The number of nitrogens with one attached hydrogen (secondary N) is 1. The number of hydrogen-bond acceptors (Lipinski definition) is 8. The average Bonchev–Trinajstić information content (AvgIpc) is 3.67. The van der Waals surface area contributed by atoms with E-state index in [1.54, 1.807) is 18.2 Å². The number of rotatable bonds is 7. The Hall–Kier alpha value is -3.51. The van der Waals surface area contributed by atoms with Crippen LogP contribution in [0, 0.1) is 0 Å². The zero-order valence-electron chi connectivity index (χ0n) is 20.7. The molecule has 1 saturated carbocycles. The second kappa shape index (κ2) is 11.7. The van der Waals surface area contributed by atoms with Crippen LogP contribution < -0.4 is 15.0 Å². The monoisotopic (exact) mass is 531 g/mol. The number of benzene rings is 1. The number of alkyl halides is 2. The van der Waals surface area contributed by atoms with Gasteiger partial charge in [0.2, 0.25) is 5.13 Å². The fraction of sp³-hybridized carbons (Fsp3) is 0.400. The molecule has 2 aromatic heterocycles. The van der Waals surface area contributed by atoms with Crippen LogP contribution in [0.2, 0.25) is 0 Å². The van der Waals surface area contributed by atoms with Crippen LogP contribution in [0.15, 0.2) is 30.5 Å². The van der Waals surface area contributed by atoms with E-state index in [1.165, 1.54) is 35.6 Å². The SMILES string of the molecule is CC.COc1cnc(C(F)F)cc1-c1cc(N2CCOCC2=O)ccc1C(=O)Nc1nnc(C2CC2)s1. The van der Waals surface area contributed by atoms with E-state index in [0.717, 1.165) is 17.8 Å². The molecule has 3 heterocycles. The molecule has 2 aliphatic rings. The first-order chi connectivity index (χ1) is 17.9. The van der Waals surface area contributed by atoms with Crippen LogP contribution in [0.3, 0.4) is 0 Å². The molecule has 12 heteroatoms. The van der Waals surface area contributed by atoms with Gasteiger partial charge in [0.05, 0.1) is 19.9 Å². The highest BCUT2D eigenvalue weighted by atomic mass is 32.1. The van der Waals surface area contributed by atoms with Crippen LogP contribution in [0.5, 0.6) is 5.75 Å². The van der Waals surface area contributed by atoms with Crippen molar-refractivity contribution < 1.29 is 27.8 Å². The van der Waals surface area contributed by atoms with E-state index in [0.29, 0.717) is 35.5 Å². The Kier molecular flexibility index (Phi) is 8.39. The van der Waals surface area contributed by atoms with Gasteiger partial charge in [0.15, 0.2) is 0 Å². The fourth-order valence-corrected chi connectivity index (χ4v) is 4.72. The number of pyridine rings is 1. The number of amides is 2. The van der Waals surface area contributed by atoms with Gasteiger partial charge in [-0.2, -0.15) is 0 Å². The van der Waals surface area contributed by atoms with Crippen molar-refractivity contribution in [3.8, 4) is 16.9 Å². The van der Waals surface area contributed by atoms with Gasteiger partial charge in [-0.25, -0.2) is 8.78 Å². The van der Waals surface area contributed by atoms with Crippen LogP contribution in [-0.2, 0) is 9.53 Å². The molecule has 0 unspecified atom stereocenters. The van der Waals surface area contributed by atoms with Crippen LogP contribution >= 0.6 is 11.3 Å². The minimum Gasteiger partial charge on any atom is -0.494 e. The van der Waals surface area contributed by atoms with E-state index in [-0.39, 0.29) is 29.4 Å². The molecular formula is C25H27F2N5O4S. The number of aromatic nitrogens is 3. The van der Waals surface area contributed by atoms with Crippen LogP contribution in [0.1, 0.15) is 60.1 Å². The molecule has 1 saturated heterocycles. The van der Waals surface area contributed by atoms with Crippen molar-refractivity contribution in [2.75, 3.05) is 37.1 Å². The molecule has 0 radical (unpaired) electrons. The second-order valence-electron chi connectivity index (χ2n) is 8.11. The van der Waals surface area contributed by atoms with Gasteiger partial charge in [-0.1, -0.05) is 25.2 Å². The quantitative estimate of drug-likeness (QED) is 0.454. The van der Waals surface area contributed by atoms with Crippen molar-refractivity contribution in [3.05, 3.63) is 46.7 Å². The van der Waals surface area contributed by atoms with Gasteiger partial charge < -0.3 is 14.4 Å². The Morgan fingerprint density at radius 3 is 2.68 bits per heavy atom. The van der Waals surface area contributed by atoms with Gasteiger partial charge in [0.25, 0.3) is 18.2 Å². The number of hydrogen-bond donors (Lipinski definition) is 1. The summed E-state index contributed by atoms with van der Waals surface area (Å²) in [7, 11) is 1.39. The van der Waals surface area contributed by atoms with E-state index in [2.05, 4.69) is 20.5 Å². The summed E-state index contributed by atoms with van der Waals surface area (Å²) in [5.41, 5.74) is 0.809. The highest BCUT2D eigenvalue weighted by molar-refractivity contribution is 7.15. The van der Waals surface area contributed by atoms with Crippen molar-refractivity contribution in [1.29, 1.82) is 0 Å². The number of morpholine rings is 1. The predicted octanol–water partition coefficient (Wildman–Crippen LogP) is 5.07. The van der Waals surface area contributed by atoms with Gasteiger partial charge in [-0.3, -0.25) is 19.9 Å². The highest BCUT2D eigenvalue weighted by Crippen LogP contribution is 2.42. The summed E-state index contributed by atoms with van der Waals surface area (Å²) in [6.45, 7) is 4.62. The number of ether oxygens (including phenoxy) is 2. The summed E-state index contributed by atoms with van der Waals surface area (Å²) < 4.78 is 37.5. The zero-order chi connectivity index (χ0) is 26.5. The first kappa shape index (κ1) is 26.6. The molecule has 3 aromatic rings. The third-order valence-electron chi connectivity index (χ3n) is 5.76. The topological polar surface area (TPSA) is 107 Å². The lowest BCUT2D eigenvalue weighted by Gasteiger charge is -2.27. The molecule has 0 bridgehead atoms. The zero-order valence-corrected chi connectivity index (χ0v) is 21.5. The molecule has 196 valence electrons. The number of carbonyl (C=O) groups is 2. The predicted molar refractivity (Wildman–Crippen MR) is 136 cm³/mol. The van der Waals surface area contributed by atoms with Crippen molar-refractivity contribution in [1.82, 2.24) is 15.2 Å². The molecule has 37 heavy (non-hydrogen) atoms. The van der Waals surface area contributed by atoms with Gasteiger partial charge >= 0.3 is 0 Å². The summed E-state index contributed by atoms with van der Waals surface area (Å²) in [6.07, 6.45) is 0.492. The van der Waals surface area contributed by atoms with Gasteiger partial charge in [0, 0.05) is 34.8 Å². The van der Waals surface area contributed by atoms with E-state index in [1.807, 2.05) is 13.8 Å². The molecule has 1 aliphatic carbocycles. The number of anilines is 2. The third kappa shape index (κ3) is 5.91. The van der Waals surface area contributed by atoms with E-state index in [4.69, 9.17) is 9.47 Å². The Balaban J connectivity index is 0.00000156. The fourth-order valence-electron chi connectivity index (χ4n) is 3.81. The Morgan fingerprint density at radius 1 is 1.22 bits per heavy atom. The Labute approximate surface area is 216 Å². The molecule has 0 atom stereocenters. The van der Waals surface area contributed by atoms with Crippen LogP contribution in [-0.4, -0.2) is 53.9 Å². The average molecular weight is 532 g/mol. The first-order valence-corrected chi connectivity index (χ1v) is 12.8. The minimum absolute atomic E-state index is 0.0634. The van der Waals surface area contributed by atoms with Crippen molar-refractivity contribution in [2.45, 2.75) is 39.0 Å². The van der Waals surface area contributed by atoms with E-state index >= 15 is 0 Å². The molecule has 0 spiro atoms.